The molecule has 0 aromatic heterocycles. The average molecular weight is 415 g/mol. The maximum Gasteiger partial charge on any atom is 0.490 e. The van der Waals surface area contributed by atoms with E-state index in [1.54, 1.807) is 0 Å². The summed E-state index contributed by atoms with van der Waals surface area (Å²) in [7, 11) is 0. The van der Waals surface area contributed by atoms with E-state index in [2.05, 4.69) is 10.1 Å². The van der Waals surface area contributed by atoms with Gasteiger partial charge in [0.15, 0.2) is 6.23 Å². The van der Waals surface area contributed by atoms with Crippen LogP contribution in [0.4, 0.5) is 30.7 Å². The normalized spacial score (nSPS) is 27.7. The predicted octanol–water partition coefficient (Wildman–Crippen LogP) is 3.79. The van der Waals surface area contributed by atoms with Gasteiger partial charge in [-0.3, -0.25) is 5.32 Å². The third-order valence-electron chi connectivity index (χ3n) is 5.00. The minimum Gasteiger partial charge on any atom is -0.440 e. The molecule has 1 saturated carbocycles. The summed E-state index contributed by atoms with van der Waals surface area (Å²) >= 11 is 0. The van der Waals surface area contributed by atoms with Crippen molar-refractivity contribution < 1.29 is 45.0 Å². The number of hydrogen-bond donors (Lipinski definition) is 1. The van der Waals surface area contributed by atoms with Crippen molar-refractivity contribution >= 4 is 5.97 Å². The molecule has 1 N–H and O–H groups in total. The van der Waals surface area contributed by atoms with Crippen LogP contribution in [0.25, 0.3) is 0 Å². The summed E-state index contributed by atoms with van der Waals surface area (Å²) in [4.78, 5) is 11.0. The minimum atomic E-state index is -5.09. The molecule has 0 radical (unpaired) electrons. The lowest BCUT2D eigenvalue weighted by Crippen LogP contribution is -2.38. The molecule has 1 aromatic carbocycles. The maximum absolute atomic E-state index is 13.8. The van der Waals surface area contributed by atoms with E-state index in [4.69, 9.17) is 4.74 Å². The first kappa shape index (κ1) is 20.8. The monoisotopic (exact) mass is 415 g/mol. The van der Waals surface area contributed by atoms with Gasteiger partial charge in [0, 0.05) is 18.0 Å². The highest BCUT2D eigenvalue weighted by atomic mass is 19.4. The van der Waals surface area contributed by atoms with Crippen molar-refractivity contribution in [3.8, 4) is 0 Å². The third kappa shape index (κ3) is 4.57. The second kappa shape index (κ2) is 7.51. The Kier molecular flexibility index (Phi) is 5.59. The van der Waals surface area contributed by atoms with Gasteiger partial charge in [-0.1, -0.05) is 6.07 Å². The van der Waals surface area contributed by atoms with Gasteiger partial charge in [-0.05, 0) is 30.9 Å². The van der Waals surface area contributed by atoms with Crippen molar-refractivity contribution in [1.29, 1.82) is 0 Å². The molecule has 0 bridgehead atoms. The lowest BCUT2D eigenvalue weighted by Gasteiger charge is -2.20. The zero-order valence-corrected chi connectivity index (χ0v) is 14.2. The molecule has 4 nitrogen and oxygen atoms in total. The molecule has 1 heterocycles. The molecule has 2 fully saturated rings. The van der Waals surface area contributed by atoms with Gasteiger partial charge in [0.25, 0.3) is 0 Å². The van der Waals surface area contributed by atoms with E-state index in [9.17, 15) is 35.5 Å². The first-order valence-corrected chi connectivity index (χ1v) is 8.43. The Hall–Kier alpha value is -1.88. The Morgan fingerprint density at radius 2 is 1.86 bits per heavy atom. The molecular weight excluding hydrogens is 399 g/mol. The summed E-state index contributed by atoms with van der Waals surface area (Å²) in [5, 5.41) is 2.72. The fraction of sp³-hybridized carbons (Fsp3) is 0.588. The van der Waals surface area contributed by atoms with Crippen LogP contribution in [-0.4, -0.2) is 31.0 Å². The smallest absolute Gasteiger partial charge is 0.440 e. The predicted molar refractivity (Wildman–Crippen MR) is 80.1 cm³/mol. The Labute approximate surface area is 155 Å². The third-order valence-corrected chi connectivity index (χ3v) is 5.00. The van der Waals surface area contributed by atoms with Gasteiger partial charge in [-0.25, -0.2) is 9.18 Å². The minimum absolute atomic E-state index is 0.0526. The van der Waals surface area contributed by atoms with Crippen LogP contribution in [0.5, 0.6) is 0 Å². The standard InChI is InChI=1S/C17H16F7NO3/c18-13-4-10(16(19,20)21)2-1-8(13)7-27-11-3-9-6-25-14(12(9)5-11)28-15(26)17(22,23)24/h1-2,4,9,11-12,14,25H,3,5-7H2. The molecule has 1 aliphatic carbocycles. The van der Waals surface area contributed by atoms with Crippen molar-refractivity contribution in [3.05, 3.63) is 35.1 Å². The number of alkyl halides is 6. The second-order valence-electron chi connectivity index (χ2n) is 6.86. The number of carbonyl (C=O) groups is 1. The second-order valence-corrected chi connectivity index (χ2v) is 6.86. The number of esters is 1. The highest BCUT2D eigenvalue weighted by Gasteiger charge is 2.49. The summed E-state index contributed by atoms with van der Waals surface area (Å²) in [5.74, 6) is -3.78. The van der Waals surface area contributed by atoms with Gasteiger partial charge in [-0.2, -0.15) is 26.3 Å². The van der Waals surface area contributed by atoms with Gasteiger partial charge in [0.1, 0.15) is 5.82 Å². The van der Waals surface area contributed by atoms with Gasteiger partial charge < -0.3 is 9.47 Å². The van der Waals surface area contributed by atoms with Gasteiger partial charge in [0.05, 0.1) is 18.3 Å². The molecule has 1 aromatic rings. The maximum atomic E-state index is 13.8. The molecule has 0 spiro atoms. The van der Waals surface area contributed by atoms with Gasteiger partial charge in [-0.15, -0.1) is 0 Å². The molecule has 1 saturated heterocycles. The first-order chi connectivity index (χ1) is 12.9. The molecule has 0 amide bonds. The summed E-state index contributed by atoms with van der Waals surface area (Å²) < 4.78 is 98.5. The zero-order chi connectivity index (χ0) is 20.7. The van der Waals surface area contributed by atoms with Crippen molar-refractivity contribution in [2.45, 2.75) is 44.1 Å². The Morgan fingerprint density at radius 3 is 2.46 bits per heavy atom. The molecule has 3 rings (SSSR count). The molecule has 1 aliphatic heterocycles. The van der Waals surface area contributed by atoms with Crippen LogP contribution in [0.15, 0.2) is 18.2 Å². The lowest BCUT2D eigenvalue weighted by molar-refractivity contribution is -0.207. The van der Waals surface area contributed by atoms with Crippen LogP contribution >= 0.6 is 0 Å². The summed E-state index contributed by atoms with van der Waals surface area (Å²) in [6.45, 7) is 0.0729. The lowest BCUT2D eigenvalue weighted by atomic mass is 9.99. The number of halogens is 7. The van der Waals surface area contributed by atoms with Gasteiger partial charge >= 0.3 is 18.3 Å². The summed E-state index contributed by atoms with van der Waals surface area (Å²) in [6, 6.07) is 2.13. The van der Waals surface area contributed by atoms with Crippen molar-refractivity contribution in [3.63, 3.8) is 0 Å². The van der Waals surface area contributed by atoms with Crippen molar-refractivity contribution in [2.24, 2.45) is 11.8 Å². The number of rotatable bonds is 4. The zero-order valence-electron chi connectivity index (χ0n) is 14.2. The van der Waals surface area contributed by atoms with E-state index >= 15 is 0 Å². The first-order valence-electron chi connectivity index (χ1n) is 8.43. The Balaban J connectivity index is 1.55. The van der Waals surface area contributed by atoms with Crippen molar-refractivity contribution in [2.75, 3.05) is 6.54 Å². The molecule has 4 unspecified atom stereocenters. The summed E-state index contributed by atoms with van der Waals surface area (Å²) in [5.41, 5.74) is -1.16. The molecule has 11 heteroatoms. The van der Waals surface area contributed by atoms with Crippen molar-refractivity contribution in [1.82, 2.24) is 5.32 Å². The summed E-state index contributed by atoms with van der Waals surface area (Å²) in [6.07, 6.45) is -10.5. The quantitative estimate of drug-likeness (QED) is 0.601. The number of nitrogens with one attached hydrogen (secondary N) is 1. The fourth-order valence-electron chi connectivity index (χ4n) is 3.62. The molecule has 2 aliphatic rings. The fourth-order valence-corrected chi connectivity index (χ4v) is 3.62. The highest BCUT2D eigenvalue weighted by Crippen LogP contribution is 2.40. The number of carbonyl (C=O) groups excluding carboxylic acids is 1. The van der Waals surface area contributed by atoms with Crippen LogP contribution in [0.1, 0.15) is 24.0 Å². The van der Waals surface area contributed by atoms with Crippen LogP contribution in [0.2, 0.25) is 0 Å². The number of benzene rings is 1. The number of hydrogen-bond acceptors (Lipinski definition) is 4. The molecule has 4 atom stereocenters. The highest BCUT2D eigenvalue weighted by molar-refractivity contribution is 5.75. The van der Waals surface area contributed by atoms with E-state index in [0.29, 0.717) is 19.0 Å². The van der Waals surface area contributed by atoms with E-state index in [1.807, 2.05) is 0 Å². The Bertz CT molecular complexity index is 734. The van der Waals surface area contributed by atoms with E-state index in [1.165, 1.54) is 0 Å². The number of ether oxygens (including phenoxy) is 2. The molecule has 156 valence electrons. The van der Waals surface area contributed by atoms with Crippen LogP contribution in [0.3, 0.4) is 0 Å². The van der Waals surface area contributed by atoms with Crippen LogP contribution in [-0.2, 0) is 27.1 Å². The molecular formula is C17H16F7NO3. The van der Waals surface area contributed by atoms with E-state index in [-0.39, 0.29) is 30.4 Å². The Morgan fingerprint density at radius 1 is 1.14 bits per heavy atom. The van der Waals surface area contributed by atoms with Crippen LogP contribution in [0, 0.1) is 17.7 Å². The topological polar surface area (TPSA) is 47.6 Å². The number of fused-ring (bicyclic) bond motifs is 1. The average Bonchev–Trinajstić information content (AvgIpc) is 3.13. The largest absolute Gasteiger partial charge is 0.490 e. The van der Waals surface area contributed by atoms with E-state index in [0.717, 1.165) is 12.1 Å². The van der Waals surface area contributed by atoms with Crippen LogP contribution < -0.4 is 5.32 Å². The SMILES string of the molecule is O=C(OC1NCC2CC(OCc3ccc(C(F)(F)F)cc3F)CC21)C(F)(F)F. The molecule has 28 heavy (non-hydrogen) atoms. The van der Waals surface area contributed by atoms with Gasteiger partial charge in [0.2, 0.25) is 0 Å². The van der Waals surface area contributed by atoms with E-state index < -0.39 is 42.0 Å².